The van der Waals surface area contributed by atoms with Crippen LogP contribution in [0.4, 0.5) is 5.82 Å². The van der Waals surface area contributed by atoms with Gasteiger partial charge in [-0.3, -0.25) is 14.3 Å². The molecule has 1 aromatic carbocycles. The van der Waals surface area contributed by atoms with Crippen molar-refractivity contribution in [3.8, 4) is 6.07 Å². The van der Waals surface area contributed by atoms with E-state index in [1.54, 1.807) is 37.3 Å². The summed E-state index contributed by atoms with van der Waals surface area (Å²) in [6.45, 7) is 4.62. The van der Waals surface area contributed by atoms with E-state index in [0.29, 0.717) is 73.4 Å². The number of aromatic nitrogens is 1. The number of rotatable bonds is 8. The smallest absolute Gasteiger partial charge is 0.244 e. The van der Waals surface area contributed by atoms with Gasteiger partial charge in [0.05, 0.1) is 11.3 Å². The standard InChI is InChI=1S/C26H30N4O4S/c1-3-7-23(31)22-16-20(17-27)24(28-18(22)2)30-14-10-19(11-15-30)25(32)29-35(33,34)26(12-13-26)21-8-5-4-6-9-21/h4-6,8-9,16,19H,3,7,10-15H2,1-2H3,(H,29,32). The van der Waals surface area contributed by atoms with Crippen LogP contribution in [0.5, 0.6) is 0 Å². The molecule has 1 aliphatic heterocycles. The molecule has 0 bridgehead atoms. The van der Waals surface area contributed by atoms with Gasteiger partial charge in [-0.15, -0.1) is 0 Å². The molecule has 184 valence electrons. The molecular weight excluding hydrogens is 464 g/mol. The Bertz CT molecular complexity index is 1270. The van der Waals surface area contributed by atoms with Crippen molar-refractivity contribution in [3.63, 3.8) is 0 Å². The summed E-state index contributed by atoms with van der Waals surface area (Å²) < 4.78 is 27.5. The summed E-state index contributed by atoms with van der Waals surface area (Å²) in [6.07, 6.45) is 3.01. The average molecular weight is 495 g/mol. The number of piperidine rings is 1. The minimum Gasteiger partial charge on any atom is -0.355 e. The third-order valence-electron chi connectivity index (χ3n) is 7.01. The van der Waals surface area contributed by atoms with E-state index in [0.717, 1.165) is 6.42 Å². The third-order valence-corrected chi connectivity index (χ3v) is 9.15. The van der Waals surface area contributed by atoms with Crippen LogP contribution >= 0.6 is 0 Å². The van der Waals surface area contributed by atoms with Crippen LogP contribution in [0.25, 0.3) is 0 Å². The van der Waals surface area contributed by atoms with Gasteiger partial charge < -0.3 is 4.90 Å². The lowest BCUT2D eigenvalue weighted by atomic mass is 9.95. The number of carbonyl (C=O) groups excluding carboxylic acids is 2. The van der Waals surface area contributed by atoms with Gasteiger partial charge in [0.1, 0.15) is 16.6 Å². The second-order valence-electron chi connectivity index (χ2n) is 9.37. The Labute approximate surface area is 206 Å². The van der Waals surface area contributed by atoms with Crippen molar-refractivity contribution in [1.29, 1.82) is 5.26 Å². The molecule has 35 heavy (non-hydrogen) atoms. The maximum atomic E-state index is 13.1. The summed E-state index contributed by atoms with van der Waals surface area (Å²) in [5.74, 6) is -0.437. The Morgan fingerprint density at radius 2 is 1.86 bits per heavy atom. The average Bonchev–Trinajstić information content (AvgIpc) is 3.67. The van der Waals surface area contributed by atoms with Gasteiger partial charge in [-0.2, -0.15) is 5.26 Å². The third kappa shape index (κ3) is 4.80. The molecular formula is C26H30N4O4S. The maximum Gasteiger partial charge on any atom is 0.244 e. The number of benzene rings is 1. The molecule has 0 unspecified atom stereocenters. The predicted octanol–water partition coefficient (Wildman–Crippen LogP) is 3.60. The predicted molar refractivity (Wildman–Crippen MR) is 132 cm³/mol. The summed E-state index contributed by atoms with van der Waals surface area (Å²) in [4.78, 5) is 31.8. The number of aryl methyl sites for hydroxylation is 1. The fourth-order valence-electron chi connectivity index (χ4n) is 4.79. The van der Waals surface area contributed by atoms with E-state index in [2.05, 4.69) is 15.8 Å². The van der Waals surface area contributed by atoms with E-state index in [4.69, 9.17) is 0 Å². The van der Waals surface area contributed by atoms with Gasteiger partial charge >= 0.3 is 0 Å². The minimum atomic E-state index is -3.85. The zero-order valence-electron chi connectivity index (χ0n) is 20.1. The van der Waals surface area contributed by atoms with E-state index in [1.165, 1.54) is 0 Å². The highest BCUT2D eigenvalue weighted by molar-refractivity contribution is 7.91. The number of nitrogens with zero attached hydrogens (tertiary/aromatic N) is 3. The molecule has 1 aromatic heterocycles. The molecule has 2 fully saturated rings. The van der Waals surface area contributed by atoms with E-state index < -0.39 is 26.6 Å². The van der Waals surface area contributed by atoms with E-state index in [9.17, 15) is 23.3 Å². The molecule has 1 saturated carbocycles. The molecule has 1 aliphatic carbocycles. The van der Waals surface area contributed by atoms with Crippen molar-refractivity contribution in [3.05, 3.63) is 58.8 Å². The Morgan fingerprint density at radius 3 is 2.43 bits per heavy atom. The molecule has 0 radical (unpaired) electrons. The Morgan fingerprint density at radius 1 is 1.20 bits per heavy atom. The van der Waals surface area contributed by atoms with E-state index in [-0.39, 0.29) is 5.78 Å². The molecule has 4 rings (SSSR count). The van der Waals surface area contributed by atoms with Crippen LogP contribution in [0.3, 0.4) is 0 Å². The van der Waals surface area contributed by atoms with Crippen molar-refractivity contribution in [2.45, 2.75) is 57.1 Å². The van der Waals surface area contributed by atoms with Gasteiger partial charge in [-0.25, -0.2) is 13.4 Å². The molecule has 2 aliphatic rings. The number of carbonyl (C=O) groups is 2. The first-order chi connectivity index (χ1) is 16.7. The highest BCUT2D eigenvalue weighted by Gasteiger charge is 2.56. The van der Waals surface area contributed by atoms with Crippen molar-refractivity contribution in [2.75, 3.05) is 18.0 Å². The molecule has 0 spiro atoms. The normalized spacial score (nSPS) is 17.5. The number of pyridine rings is 1. The van der Waals surface area contributed by atoms with Crippen LogP contribution < -0.4 is 9.62 Å². The largest absolute Gasteiger partial charge is 0.355 e. The molecule has 8 nitrogen and oxygen atoms in total. The lowest BCUT2D eigenvalue weighted by Gasteiger charge is -2.33. The zero-order valence-corrected chi connectivity index (χ0v) is 20.9. The lowest BCUT2D eigenvalue weighted by Crippen LogP contribution is -2.45. The topological polar surface area (TPSA) is 120 Å². The maximum absolute atomic E-state index is 13.1. The first kappa shape index (κ1) is 24.9. The SMILES string of the molecule is CCCC(=O)c1cc(C#N)c(N2CCC(C(=O)NS(=O)(=O)C3(c4ccccc4)CC3)CC2)nc1C. The molecule has 9 heteroatoms. The van der Waals surface area contributed by atoms with Gasteiger partial charge in [-0.1, -0.05) is 37.3 Å². The van der Waals surface area contributed by atoms with Crippen LogP contribution in [0, 0.1) is 24.2 Å². The Hall–Kier alpha value is -3.25. The van der Waals surface area contributed by atoms with Crippen LogP contribution in [-0.4, -0.2) is 38.2 Å². The van der Waals surface area contributed by atoms with Crippen molar-refractivity contribution >= 4 is 27.5 Å². The number of nitrogens with one attached hydrogen (secondary N) is 1. The Kier molecular flexibility index (Phi) is 6.95. The fourth-order valence-corrected chi connectivity index (χ4v) is 6.51. The zero-order chi connectivity index (χ0) is 25.2. The highest BCUT2D eigenvalue weighted by Crippen LogP contribution is 2.52. The number of sulfonamides is 1. The first-order valence-corrected chi connectivity index (χ1v) is 13.5. The lowest BCUT2D eigenvalue weighted by molar-refractivity contribution is -0.123. The van der Waals surface area contributed by atoms with Crippen molar-refractivity contribution in [1.82, 2.24) is 9.71 Å². The summed E-state index contributed by atoms with van der Waals surface area (Å²) in [5.41, 5.74) is 2.10. The van der Waals surface area contributed by atoms with Crippen LogP contribution in [0.2, 0.25) is 0 Å². The summed E-state index contributed by atoms with van der Waals surface area (Å²) in [6, 6.07) is 12.8. The van der Waals surface area contributed by atoms with Gasteiger partial charge in [0.25, 0.3) is 0 Å². The van der Waals surface area contributed by atoms with Crippen molar-refractivity contribution < 1.29 is 18.0 Å². The van der Waals surface area contributed by atoms with E-state index in [1.807, 2.05) is 17.9 Å². The molecule has 1 saturated heterocycles. The van der Waals surface area contributed by atoms with Gasteiger partial charge in [0, 0.05) is 31.0 Å². The minimum absolute atomic E-state index is 0.0268. The number of hydrogen-bond donors (Lipinski definition) is 1. The number of hydrogen-bond acceptors (Lipinski definition) is 7. The van der Waals surface area contributed by atoms with Crippen molar-refractivity contribution in [2.24, 2.45) is 5.92 Å². The summed E-state index contributed by atoms with van der Waals surface area (Å²) >= 11 is 0. The van der Waals surface area contributed by atoms with Crippen LogP contribution in [0.15, 0.2) is 36.4 Å². The molecule has 0 atom stereocenters. The first-order valence-electron chi connectivity index (χ1n) is 12.0. The number of Topliss-reactive ketones (excluding diaryl/α,β-unsaturated/α-hetero) is 1. The number of ketones is 1. The Balaban J connectivity index is 1.43. The van der Waals surface area contributed by atoms with Crippen LogP contribution in [-0.2, 0) is 19.6 Å². The summed E-state index contributed by atoms with van der Waals surface area (Å²) in [7, 11) is -3.85. The highest BCUT2D eigenvalue weighted by atomic mass is 32.2. The van der Waals surface area contributed by atoms with Gasteiger partial charge in [0.2, 0.25) is 15.9 Å². The fraction of sp³-hybridized carbons (Fsp3) is 0.462. The molecule has 2 heterocycles. The molecule has 2 aromatic rings. The van der Waals surface area contributed by atoms with Crippen LogP contribution in [0.1, 0.15) is 72.6 Å². The monoisotopic (exact) mass is 494 g/mol. The summed E-state index contributed by atoms with van der Waals surface area (Å²) in [5, 5.41) is 9.66. The van der Waals surface area contributed by atoms with E-state index >= 15 is 0 Å². The van der Waals surface area contributed by atoms with Gasteiger partial charge in [0.15, 0.2) is 5.78 Å². The number of amides is 1. The molecule has 1 N–H and O–H groups in total. The quantitative estimate of drug-likeness (QED) is 0.557. The second kappa shape index (κ2) is 9.78. The second-order valence-corrected chi connectivity index (χ2v) is 11.4. The van der Waals surface area contributed by atoms with Gasteiger partial charge in [-0.05, 0) is 50.7 Å². The molecule has 1 amide bonds. The number of anilines is 1. The number of nitriles is 1.